The Morgan fingerprint density at radius 1 is 1.56 bits per heavy atom. The van der Waals surface area contributed by atoms with Gasteiger partial charge in [0.05, 0.1) is 11.3 Å². The highest BCUT2D eigenvalue weighted by molar-refractivity contribution is 7.99. The van der Waals surface area contributed by atoms with Crippen molar-refractivity contribution in [3.05, 3.63) is 23.0 Å². The van der Waals surface area contributed by atoms with Gasteiger partial charge in [0.25, 0.3) is 0 Å². The maximum Gasteiger partial charge on any atom is 0.442 e. The van der Waals surface area contributed by atoms with E-state index in [0.717, 1.165) is 6.20 Å². The van der Waals surface area contributed by atoms with Gasteiger partial charge in [0.2, 0.25) is 0 Å². The lowest BCUT2D eigenvalue weighted by molar-refractivity contribution is -0.0329. The van der Waals surface area contributed by atoms with Gasteiger partial charge in [-0.25, -0.2) is 0 Å². The number of rotatable bonds is 3. The minimum Gasteiger partial charge on any atom is -0.505 e. The summed E-state index contributed by atoms with van der Waals surface area (Å²) in [6.07, 6.45) is 1.49. The number of pyridine rings is 1. The molecule has 7 heteroatoms. The molecule has 0 radical (unpaired) electrons. The van der Waals surface area contributed by atoms with E-state index in [2.05, 4.69) is 4.98 Å². The van der Waals surface area contributed by atoms with Crippen LogP contribution in [0.3, 0.4) is 0 Å². The van der Waals surface area contributed by atoms with Crippen molar-refractivity contribution < 1.29 is 23.1 Å². The lowest BCUT2D eigenvalue weighted by Gasteiger charge is -2.09. The normalized spacial score (nSPS) is 11.5. The minimum absolute atomic E-state index is 0.0698. The van der Waals surface area contributed by atoms with Gasteiger partial charge in [0.15, 0.2) is 6.29 Å². The largest absolute Gasteiger partial charge is 0.505 e. The molecule has 0 aliphatic rings. The van der Waals surface area contributed by atoms with Gasteiger partial charge in [-0.3, -0.25) is 9.78 Å². The number of hydrogen-bond acceptors (Lipinski definition) is 4. The Balaban J connectivity index is 2.97. The summed E-state index contributed by atoms with van der Waals surface area (Å²) in [7, 11) is 0. The molecule has 0 saturated carbocycles. The molecule has 0 aromatic carbocycles. The van der Waals surface area contributed by atoms with Crippen LogP contribution in [0.4, 0.5) is 13.2 Å². The second-order valence-electron chi connectivity index (χ2n) is 2.98. The number of nitrogens with zero attached hydrogens (tertiary/aromatic N) is 1. The van der Waals surface area contributed by atoms with Crippen molar-refractivity contribution >= 4 is 18.0 Å². The maximum absolute atomic E-state index is 11.9. The number of halogens is 3. The van der Waals surface area contributed by atoms with Crippen molar-refractivity contribution in [3.63, 3.8) is 0 Å². The van der Waals surface area contributed by atoms with E-state index in [0.29, 0.717) is 6.29 Å². The third-order valence-corrected chi connectivity index (χ3v) is 2.65. The summed E-state index contributed by atoms with van der Waals surface area (Å²) in [5.74, 6) is -0.812. The molecule has 0 aliphatic carbocycles. The lowest BCUT2D eigenvalue weighted by Crippen LogP contribution is -2.03. The van der Waals surface area contributed by atoms with E-state index in [1.807, 2.05) is 0 Å². The van der Waals surface area contributed by atoms with Gasteiger partial charge >= 0.3 is 5.51 Å². The fourth-order valence-corrected chi connectivity index (χ4v) is 1.61. The first-order valence-electron chi connectivity index (χ1n) is 4.18. The number of alkyl halides is 3. The van der Waals surface area contributed by atoms with Crippen LogP contribution in [0.5, 0.6) is 5.75 Å². The summed E-state index contributed by atoms with van der Waals surface area (Å²) in [5, 5.41) is 9.42. The molecule has 0 atom stereocenters. The zero-order chi connectivity index (χ0) is 12.3. The second-order valence-corrected chi connectivity index (χ2v) is 4.02. The molecule has 0 unspecified atom stereocenters. The van der Waals surface area contributed by atoms with Crippen LogP contribution in [0.1, 0.15) is 21.6 Å². The molecular formula is C9H8F3NO2S. The molecule has 0 bridgehead atoms. The number of carbonyl (C=O) groups excluding carboxylic acids is 1. The van der Waals surface area contributed by atoms with Gasteiger partial charge in [0, 0.05) is 11.9 Å². The van der Waals surface area contributed by atoms with Crippen LogP contribution >= 0.6 is 11.8 Å². The molecule has 0 fully saturated rings. The van der Waals surface area contributed by atoms with E-state index in [1.165, 1.54) is 6.92 Å². The molecule has 0 amide bonds. The Hall–Kier alpha value is -1.24. The Labute approximate surface area is 93.7 Å². The molecular weight excluding hydrogens is 243 g/mol. The quantitative estimate of drug-likeness (QED) is 0.839. The Bertz CT molecular complexity index is 406. The summed E-state index contributed by atoms with van der Waals surface area (Å²) in [4.78, 5) is 14.3. The van der Waals surface area contributed by atoms with Crippen LogP contribution in [-0.2, 0) is 5.75 Å². The first-order chi connectivity index (χ1) is 7.35. The summed E-state index contributed by atoms with van der Waals surface area (Å²) in [6.45, 7) is 1.46. The smallest absolute Gasteiger partial charge is 0.442 e. The minimum atomic E-state index is -4.37. The summed E-state index contributed by atoms with van der Waals surface area (Å²) >= 11 is -0.279. The van der Waals surface area contributed by atoms with Crippen LogP contribution in [-0.4, -0.2) is 21.9 Å². The summed E-state index contributed by atoms with van der Waals surface area (Å²) in [6, 6.07) is 0. The van der Waals surface area contributed by atoms with Crippen molar-refractivity contribution in [1.29, 1.82) is 0 Å². The number of hydrogen-bond donors (Lipinski definition) is 1. The zero-order valence-electron chi connectivity index (χ0n) is 8.21. The van der Waals surface area contributed by atoms with Gasteiger partial charge in [0.1, 0.15) is 5.75 Å². The van der Waals surface area contributed by atoms with Crippen LogP contribution in [0, 0.1) is 6.92 Å². The van der Waals surface area contributed by atoms with Crippen LogP contribution < -0.4 is 0 Å². The zero-order valence-corrected chi connectivity index (χ0v) is 9.02. The van der Waals surface area contributed by atoms with E-state index in [4.69, 9.17) is 0 Å². The van der Waals surface area contributed by atoms with Crippen LogP contribution in [0.2, 0.25) is 0 Å². The topological polar surface area (TPSA) is 50.2 Å². The van der Waals surface area contributed by atoms with Crippen LogP contribution in [0.25, 0.3) is 0 Å². The molecule has 0 spiro atoms. The fourth-order valence-electron chi connectivity index (χ4n) is 1.06. The number of thioether (sulfide) groups is 1. The van der Waals surface area contributed by atoms with Crippen molar-refractivity contribution in [2.75, 3.05) is 0 Å². The number of aromatic nitrogens is 1. The van der Waals surface area contributed by atoms with Gasteiger partial charge in [-0.2, -0.15) is 13.2 Å². The number of aldehydes is 1. The third-order valence-electron chi connectivity index (χ3n) is 1.87. The molecule has 1 heterocycles. The maximum atomic E-state index is 11.9. The van der Waals surface area contributed by atoms with E-state index < -0.39 is 11.3 Å². The number of carbonyl (C=O) groups is 1. The highest BCUT2D eigenvalue weighted by atomic mass is 32.2. The second kappa shape index (κ2) is 4.73. The predicted octanol–water partition coefficient (Wildman–Crippen LogP) is 2.66. The van der Waals surface area contributed by atoms with E-state index in [-0.39, 0.29) is 34.3 Å². The average molecular weight is 251 g/mol. The molecule has 0 saturated heterocycles. The first-order valence-corrected chi connectivity index (χ1v) is 5.17. The van der Waals surface area contributed by atoms with Gasteiger partial charge in [-0.1, -0.05) is 0 Å². The Morgan fingerprint density at radius 2 is 2.19 bits per heavy atom. The number of aryl methyl sites for hydroxylation is 1. The van der Waals surface area contributed by atoms with Gasteiger partial charge < -0.3 is 5.11 Å². The molecule has 1 N–H and O–H groups in total. The van der Waals surface area contributed by atoms with E-state index in [1.54, 1.807) is 0 Å². The van der Waals surface area contributed by atoms with Crippen molar-refractivity contribution in [1.82, 2.24) is 4.98 Å². The standard InChI is InChI=1S/C9H8F3NO2S/c1-5-8(15)7(3-14)6(2-13-5)4-16-9(10,11)12/h2-3,15H,4H2,1H3. The van der Waals surface area contributed by atoms with Crippen molar-refractivity contribution in [3.8, 4) is 5.75 Å². The van der Waals surface area contributed by atoms with Gasteiger partial charge in [-0.05, 0) is 24.2 Å². The highest BCUT2D eigenvalue weighted by Gasteiger charge is 2.28. The Morgan fingerprint density at radius 3 is 2.69 bits per heavy atom. The van der Waals surface area contributed by atoms with Crippen molar-refractivity contribution in [2.24, 2.45) is 0 Å². The highest BCUT2D eigenvalue weighted by Crippen LogP contribution is 2.34. The third kappa shape index (κ3) is 3.13. The van der Waals surface area contributed by atoms with E-state index in [9.17, 15) is 23.1 Å². The average Bonchev–Trinajstić information content (AvgIpc) is 2.18. The molecule has 1 rings (SSSR count). The SMILES string of the molecule is Cc1ncc(CSC(F)(F)F)c(C=O)c1O. The molecule has 1 aromatic heterocycles. The molecule has 16 heavy (non-hydrogen) atoms. The fraction of sp³-hybridized carbons (Fsp3) is 0.333. The van der Waals surface area contributed by atoms with Gasteiger partial charge in [-0.15, -0.1) is 0 Å². The number of aromatic hydroxyl groups is 1. The predicted molar refractivity (Wildman–Crippen MR) is 53.4 cm³/mol. The first kappa shape index (κ1) is 12.8. The monoisotopic (exact) mass is 251 g/mol. The van der Waals surface area contributed by atoms with E-state index >= 15 is 0 Å². The van der Waals surface area contributed by atoms with Crippen molar-refractivity contribution in [2.45, 2.75) is 18.2 Å². The lowest BCUT2D eigenvalue weighted by atomic mass is 10.1. The summed E-state index contributed by atoms with van der Waals surface area (Å²) in [5.41, 5.74) is -4.23. The van der Waals surface area contributed by atoms with Crippen LogP contribution in [0.15, 0.2) is 6.20 Å². The molecule has 88 valence electrons. The molecule has 3 nitrogen and oxygen atoms in total. The summed E-state index contributed by atoms with van der Waals surface area (Å²) < 4.78 is 35.8. The molecule has 1 aromatic rings. The Kier molecular flexibility index (Phi) is 3.79. The molecule has 0 aliphatic heterocycles.